The van der Waals surface area contributed by atoms with Gasteiger partial charge in [0.05, 0.1) is 11.0 Å². The molecule has 0 bridgehead atoms. The minimum absolute atomic E-state index is 0.582. The van der Waals surface area contributed by atoms with Crippen LogP contribution in [0.1, 0.15) is 36.9 Å². The average molecular weight is 498 g/mol. The van der Waals surface area contributed by atoms with Crippen molar-refractivity contribution < 1.29 is 15.0 Å². The zero-order valence-electron chi connectivity index (χ0n) is 20.7. The Labute approximate surface area is 215 Å². The zero-order chi connectivity index (χ0) is 25.4. The highest BCUT2D eigenvalue weighted by Gasteiger charge is 2.35. The van der Waals surface area contributed by atoms with Gasteiger partial charge in [0.15, 0.2) is 5.82 Å². The number of aliphatic hydroxyl groups is 1. The van der Waals surface area contributed by atoms with Crippen LogP contribution in [-0.4, -0.2) is 61.7 Å². The van der Waals surface area contributed by atoms with Crippen LogP contribution in [0.3, 0.4) is 0 Å². The average Bonchev–Trinajstić information content (AvgIpc) is 3.58. The van der Waals surface area contributed by atoms with E-state index in [1.165, 1.54) is 0 Å². The predicted octanol–water partition coefficient (Wildman–Crippen LogP) is 4.16. The summed E-state index contributed by atoms with van der Waals surface area (Å²) in [6.07, 6.45) is 2.78. The molecule has 4 aromatic rings. The number of aromatic amines is 1. The van der Waals surface area contributed by atoms with Crippen LogP contribution in [0.4, 0.5) is 5.82 Å². The molecular weight excluding hydrogens is 466 g/mol. The smallest absolute Gasteiger partial charge is 0.326 e. The van der Waals surface area contributed by atoms with Gasteiger partial charge in [0, 0.05) is 37.4 Å². The number of piperidine rings is 1. The van der Waals surface area contributed by atoms with Crippen LogP contribution >= 0.6 is 0 Å². The van der Waals surface area contributed by atoms with E-state index >= 15 is 0 Å². The second-order valence-corrected chi connectivity index (χ2v) is 10.2. The number of carboxylic acids is 1. The van der Waals surface area contributed by atoms with Crippen LogP contribution in [-0.2, 0) is 16.9 Å². The molecule has 2 saturated heterocycles. The van der Waals surface area contributed by atoms with Crippen molar-refractivity contribution in [1.29, 1.82) is 0 Å². The van der Waals surface area contributed by atoms with Crippen molar-refractivity contribution in [2.75, 3.05) is 24.5 Å². The first-order valence-electron chi connectivity index (χ1n) is 12.9. The molecule has 8 nitrogen and oxygen atoms in total. The van der Waals surface area contributed by atoms with Crippen molar-refractivity contribution in [2.45, 2.75) is 43.9 Å². The van der Waals surface area contributed by atoms with Gasteiger partial charge < -0.3 is 20.1 Å². The molecule has 37 heavy (non-hydrogen) atoms. The molecule has 2 aromatic carbocycles. The van der Waals surface area contributed by atoms with Crippen LogP contribution in [0.5, 0.6) is 0 Å². The lowest BCUT2D eigenvalue weighted by atomic mass is 9.84. The van der Waals surface area contributed by atoms with Gasteiger partial charge in [0.2, 0.25) is 0 Å². The summed E-state index contributed by atoms with van der Waals surface area (Å²) in [6.45, 7) is 2.91. The van der Waals surface area contributed by atoms with Gasteiger partial charge in [-0.15, -0.1) is 0 Å². The highest BCUT2D eigenvalue weighted by Crippen LogP contribution is 2.35. The Bertz CT molecular complexity index is 1400. The van der Waals surface area contributed by atoms with E-state index in [9.17, 15) is 15.0 Å². The molecule has 2 aliphatic rings. The molecule has 1 unspecified atom stereocenters. The predicted molar refractivity (Wildman–Crippen MR) is 142 cm³/mol. The molecule has 190 valence electrons. The van der Waals surface area contributed by atoms with Gasteiger partial charge in [-0.25, -0.2) is 14.8 Å². The van der Waals surface area contributed by atoms with Crippen LogP contribution in [0.25, 0.3) is 22.4 Å². The fraction of sp³-hybridized carbons (Fsp3) is 0.345. The Morgan fingerprint density at radius 2 is 1.70 bits per heavy atom. The monoisotopic (exact) mass is 497 g/mol. The molecule has 4 heterocycles. The number of hydrogen-bond acceptors (Lipinski definition) is 6. The van der Waals surface area contributed by atoms with Crippen molar-refractivity contribution in [3.8, 4) is 11.4 Å². The molecule has 3 N–H and O–H groups in total. The van der Waals surface area contributed by atoms with E-state index in [4.69, 9.17) is 9.97 Å². The number of nitrogens with one attached hydrogen (secondary N) is 1. The van der Waals surface area contributed by atoms with Crippen molar-refractivity contribution in [3.63, 3.8) is 0 Å². The maximum absolute atomic E-state index is 12.0. The first kappa shape index (κ1) is 23.6. The first-order chi connectivity index (χ1) is 18.0. The SMILES string of the molecule is O=C(O)C1CCCN1c1nc(-c2ccccc2)nc2[nH]c(CN3CCC(O)(c4ccccc4)CC3)cc12. The minimum Gasteiger partial charge on any atom is -0.480 e. The minimum atomic E-state index is -0.819. The molecule has 0 radical (unpaired) electrons. The largest absolute Gasteiger partial charge is 0.480 e. The van der Waals surface area contributed by atoms with Crippen molar-refractivity contribution in [1.82, 2.24) is 19.9 Å². The molecule has 8 heteroatoms. The quantitative estimate of drug-likeness (QED) is 0.367. The fourth-order valence-corrected chi connectivity index (χ4v) is 5.70. The third-order valence-electron chi connectivity index (χ3n) is 7.75. The van der Waals surface area contributed by atoms with Gasteiger partial charge in [0.1, 0.15) is 17.5 Å². The summed E-state index contributed by atoms with van der Waals surface area (Å²) in [7, 11) is 0. The Morgan fingerprint density at radius 3 is 2.41 bits per heavy atom. The Hall–Kier alpha value is -3.75. The topological polar surface area (TPSA) is 106 Å². The maximum atomic E-state index is 12.0. The number of carboxylic acid groups (broad SMARTS) is 1. The van der Waals surface area contributed by atoms with Crippen molar-refractivity contribution in [3.05, 3.63) is 78.0 Å². The molecule has 2 aliphatic heterocycles. The molecule has 6 rings (SSSR count). The van der Waals surface area contributed by atoms with Gasteiger partial charge >= 0.3 is 5.97 Å². The third kappa shape index (κ3) is 4.58. The summed E-state index contributed by atoms with van der Waals surface area (Å²) in [5, 5.41) is 21.9. The lowest BCUT2D eigenvalue weighted by molar-refractivity contribution is -0.138. The Kier molecular flexibility index (Phi) is 6.14. The summed E-state index contributed by atoms with van der Waals surface area (Å²) in [4.78, 5) is 29.4. The van der Waals surface area contributed by atoms with Crippen molar-refractivity contribution in [2.24, 2.45) is 0 Å². The van der Waals surface area contributed by atoms with E-state index < -0.39 is 17.6 Å². The van der Waals surface area contributed by atoms with Crippen LogP contribution < -0.4 is 4.90 Å². The van der Waals surface area contributed by atoms with Gasteiger partial charge in [-0.3, -0.25) is 4.90 Å². The lowest BCUT2D eigenvalue weighted by Crippen LogP contribution is -2.42. The zero-order valence-corrected chi connectivity index (χ0v) is 20.7. The fourth-order valence-electron chi connectivity index (χ4n) is 5.70. The highest BCUT2D eigenvalue weighted by atomic mass is 16.4. The second-order valence-electron chi connectivity index (χ2n) is 10.2. The molecule has 2 fully saturated rings. The van der Waals surface area contributed by atoms with Crippen LogP contribution in [0.15, 0.2) is 66.7 Å². The number of rotatable bonds is 6. The van der Waals surface area contributed by atoms with E-state index in [-0.39, 0.29) is 0 Å². The molecule has 0 spiro atoms. The number of anilines is 1. The number of fused-ring (bicyclic) bond motifs is 1. The number of benzene rings is 2. The summed E-state index contributed by atoms with van der Waals surface area (Å²) in [5.41, 5.74) is 2.80. The normalized spacial score (nSPS) is 19.9. The van der Waals surface area contributed by atoms with Gasteiger partial charge in [0.25, 0.3) is 0 Å². The van der Waals surface area contributed by atoms with E-state index in [0.29, 0.717) is 49.6 Å². The first-order valence-corrected chi connectivity index (χ1v) is 12.9. The molecular formula is C29H31N5O3. The van der Waals surface area contributed by atoms with Crippen LogP contribution in [0, 0.1) is 0 Å². The van der Waals surface area contributed by atoms with E-state index in [2.05, 4.69) is 16.0 Å². The van der Waals surface area contributed by atoms with Gasteiger partial charge in [-0.2, -0.15) is 0 Å². The Balaban J connectivity index is 1.29. The number of nitrogens with zero attached hydrogens (tertiary/aromatic N) is 4. The third-order valence-corrected chi connectivity index (χ3v) is 7.75. The molecule has 1 atom stereocenters. The molecule has 0 aliphatic carbocycles. The number of aromatic nitrogens is 3. The highest BCUT2D eigenvalue weighted by molar-refractivity contribution is 5.92. The number of H-pyrrole nitrogens is 1. The summed E-state index contributed by atoms with van der Waals surface area (Å²) >= 11 is 0. The lowest BCUT2D eigenvalue weighted by Gasteiger charge is -2.38. The van der Waals surface area contributed by atoms with E-state index in [0.717, 1.165) is 41.7 Å². The number of carbonyl (C=O) groups is 1. The second kappa shape index (κ2) is 9.61. The number of aliphatic carboxylic acids is 1. The number of likely N-dealkylation sites (tertiary alicyclic amines) is 1. The number of hydrogen-bond donors (Lipinski definition) is 3. The van der Waals surface area contributed by atoms with Crippen LogP contribution in [0.2, 0.25) is 0 Å². The standard InChI is InChI=1S/C29H31N5O3/c35-28(36)24-12-7-15-34(24)27-23-18-22(30-26(23)31-25(32-27)20-8-3-1-4-9-20)19-33-16-13-29(37,14-17-33)21-10-5-2-6-11-21/h1-6,8-11,18,24,37H,7,12-17,19H2,(H,35,36)(H,30,31,32). The Morgan fingerprint density at radius 1 is 1.00 bits per heavy atom. The van der Waals surface area contributed by atoms with Gasteiger partial charge in [-0.1, -0.05) is 60.7 Å². The summed E-state index contributed by atoms with van der Waals surface area (Å²) < 4.78 is 0. The van der Waals surface area contributed by atoms with E-state index in [1.54, 1.807) is 0 Å². The summed E-state index contributed by atoms with van der Waals surface area (Å²) in [5.74, 6) is 0.437. The van der Waals surface area contributed by atoms with Gasteiger partial charge in [-0.05, 0) is 37.3 Å². The summed E-state index contributed by atoms with van der Waals surface area (Å²) in [6, 6.07) is 21.2. The molecule has 2 aromatic heterocycles. The molecule has 0 amide bonds. The van der Waals surface area contributed by atoms with Crippen molar-refractivity contribution >= 4 is 22.8 Å². The van der Waals surface area contributed by atoms with E-state index in [1.807, 2.05) is 65.6 Å². The molecule has 0 saturated carbocycles. The maximum Gasteiger partial charge on any atom is 0.326 e.